The fraction of sp³-hybridized carbons (Fsp3) is 0.200. The first-order chi connectivity index (χ1) is 9.70. The van der Waals surface area contributed by atoms with E-state index in [1.54, 1.807) is 7.11 Å². The first-order valence-corrected chi connectivity index (χ1v) is 8.72. The van der Waals surface area contributed by atoms with Crippen molar-refractivity contribution in [2.24, 2.45) is 0 Å². The number of benzene rings is 2. The maximum atomic E-state index is 5.30. The molecule has 0 saturated carbocycles. The van der Waals surface area contributed by atoms with Crippen LogP contribution >= 0.6 is 43.6 Å². The van der Waals surface area contributed by atoms with Crippen molar-refractivity contribution in [3.63, 3.8) is 0 Å². The minimum atomic E-state index is 0.825. The van der Waals surface area contributed by atoms with Gasteiger partial charge in [0.25, 0.3) is 0 Å². The summed E-state index contributed by atoms with van der Waals surface area (Å²) >= 11 is 8.86. The van der Waals surface area contributed by atoms with Crippen LogP contribution in [0.5, 0.6) is 5.75 Å². The van der Waals surface area contributed by atoms with Gasteiger partial charge in [-0.2, -0.15) is 0 Å². The van der Waals surface area contributed by atoms with Crippen LogP contribution in [0, 0.1) is 0 Å². The first kappa shape index (κ1) is 15.7. The Balaban J connectivity index is 1.88. The van der Waals surface area contributed by atoms with E-state index >= 15 is 0 Å². The Morgan fingerprint density at radius 2 is 1.85 bits per heavy atom. The van der Waals surface area contributed by atoms with Gasteiger partial charge in [0.15, 0.2) is 0 Å². The lowest BCUT2D eigenvalue weighted by molar-refractivity contribution is 0.412. The molecule has 2 aromatic rings. The Labute approximate surface area is 140 Å². The Bertz CT molecular complexity index is 563. The summed E-state index contributed by atoms with van der Waals surface area (Å²) in [6, 6.07) is 14.4. The zero-order chi connectivity index (χ0) is 14.4. The van der Waals surface area contributed by atoms with E-state index in [1.165, 1.54) is 4.90 Å². The maximum Gasteiger partial charge on any atom is 0.135 e. The molecule has 106 valence electrons. The highest BCUT2D eigenvalue weighted by Crippen LogP contribution is 2.34. The van der Waals surface area contributed by atoms with Gasteiger partial charge in [0.1, 0.15) is 5.75 Å². The Kier molecular flexibility index (Phi) is 6.26. The van der Waals surface area contributed by atoms with Crippen molar-refractivity contribution in [3.05, 3.63) is 51.4 Å². The van der Waals surface area contributed by atoms with Crippen molar-refractivity contribution in [2.45, 2.75) is 4.90 Å². The van der Waals surface area contributed by atoms with Crippen molar-refractivity contribution in [3.8, 4) is 5.75 Å². The van der Waals surface area contributed by atoms with Gasteiger partial charge < -0.3 is 10.1 Å². The highest BCUT2D eigenvalue weighted by Gasteiger charge is 2.06. The number of nitrogens with one attached hydrogen (secondary N) is 1. The summed E-state index contributed by atoms with van der Waals surface area (Å²) in [5.41, 5.74) is 1.04. The summed E-state index contributed by atoms with van der Waals surface area (Å²) in [6.45, 7) is 0.892. The molecule has 2 aromatic carbocycles. The summed E-state index contributed by atoms with van der Waals surface area (Å²) in [5.74, 6) is 1.83. The monoisotopic (exact) mass is 415 g/mol. The molecule has 0 aliphatic heterocycles. The van der Waals surface area contributed by atoms with Gasteiger partial charge in [0.2, 0.25) is 0 Å². The fourth-order valence-corrected chi connectivity index (χ4v) is 3.78. The highest BCUT2D eigenvalue weighted by atomic mass is 79.9. The molecule has 5 heteroatoms. The van der Waals surface area contributed by atoms with Gasteiger partial charge in [-0.05, 0) is 50.1 Å². The van der Waals surface area contributed by atoms with Gasteiger partial charge in [0.05, 0.1) is 17.3 Å². The topological polar surface area (TPSA) is 21.3 Å². The molecule has 2 rings (SSSR count). The lowest BCUT2D eigenvalue weighted by Gasteiger charge is -2.11. The van der Waals surface area contributed by atoms with Crippen LogP contribution in [0.3, 0.4) is 0 Å². The summed E-state index contributed by atoms with van der Waals surface area (Å²) in [7, 11) is 1.67. The molecular formula is C15H15Br2NOS. The third-order valence-electron chi connectivity index (χ3n) is 2.67. The largest absolute Gasteiger partial charge is 0.495 e. The molecule has 0 atom stereocenters. The number of hydrogen-bond donors (Lipinski definition) is 1. The van der Waals surface area contributed by atoms with Gasteiger partial charge >= 0.3 is 0 Å². The van der Waals surface area contributed by atoms with E-state index in [0.29, 0.717) is 0 Å². The van der Waals surface area contributed by atoms with Gasteiger partial charge in [-0.1, -0.05) is 18.2 Å². The van der Waals surface area contributed by atoms with Crippen LogP contribution in [0.2, 0.25) is 0 Å². The van der Waals surface area contributed by atoms with Crippen molar-refractivity contribution >= 4 is 49.3 Å². The number of anilines is 1. The second kappa shape index (κ2) is 7.96. The Morgan fingerprint density at radius 3 is 2.55 bits per heavy atom. The van der Waals surface area contributed by atoms with Crippen LogP contribution in [0.15, 0.2) is 56.3 Å². The van der Waals surface area contributed by atoms with Gasteiger partial charge in [-0.15, -0.1) is 11.8 Å². The zero-order valence-corrected chi connectivity index (χ0v) is 15.0. The lowest BCUT2D eigenvalue weighted by Crippen LogP contribution is -2.05. The summed E-state index contributed by atoms with van der Waals surface area (Å²) < 4.78 is 7.27. The second-order valence-electron chi connectivity index (χ2n) is 4.05. The molecule has 0 unspecified atom stereocenters. The molecule has 0 saturated heterocycles. The first-order valence-electron chi connectivity index (χ1n) is 6.15. The molecule has 20 heavy (non-hydrogen) atoms. The van der Waals surface area contributed by atoms with Crippen molar-refractivity contribution in [1.82, 2.24) is 0 Å². The van der Waals surface area contributed by atoms with Crippen LogP contribution in [-0.4, -0.2) is 19.4 Å². The van der Waals surface area contributed by atoms with Crippen LogP contribution < -0.4 is 10.1 Å². The zero-order valence-electron chi connectivity index (χ0n) is 11.0. The fourth-order valence-electron chi connectivity index (χ4n) is 1.69. The Hall–Kier alpha value is -0.650. The molecule has 0 radical (unpaired) electrons. The van der Waals surface area contributed by atoms with Crippen molar-refractivity contribution in [2.75, 3.05) is 24.7 Å². The van der Waals surface area contributed by atoms with E-state index in [1.807, 2.05) is 30.0 Å². The minimum absolute atomic E-state index is 0.825. The number of thioether (sulfide) groups is 1. The third kappa shape index (κ3) is 4.43. The smallest absolute Gasteiger partial charge is 0.135 e. The van der Waals surface area contributed by atoms with Crippen molar-refractivity contribution < 1.29 is 4.74 Å². The van der Waals surface area contributed by atoms with Crippen LogP contribution in [0.1, 0.15) is 0 Å². The van der Waals surface area contributed by atoms with Gasteiger partial charge in [-0.3, -0.25) is 0 Å². The molecule has 2 nitrogen and oxygen atoms in total. The molecule has 0 aromatic heterocycles. The van der Waals surface area contributed by atoms with Crippen LogP contribution in [-0.2, 0) is 0 Å². The van der Waals surface area contributed by atoms with E-state index in [4.69, 9.17) is 4.74 Å². The van der Waals surface area contributed by atoms with E-state index in [0.717, 1.165) is 32.7 Å². The summed E-state index contributed by atoms with van der Waals surface area (Å²) in [5, 5.41) is 3.42. The molecule has 0 amide bonds. The lowest BCUT2D eigenvalue weighted by atomic mass is 10.3. The van der Waals surface area contributed by atoms with Crippen LogP contribution in [0.25, 0.3) is 0 Å². The number of hydrogen-bond acceptors (Lipinski definition) is 3. The van der Waals surface area contributed by atoms with E-state index in [9.17, 15) is 0 Å². The molecule has 0 aliphatic rings. The standard InChI is InChI=1S/C15H15Br2NOS/c1-19-15-10-14(12(16)9-13(15)17)18-7-8-20-11-5-3-2-4-6-11/h2-6,9-10,18H,7-8H2,1H3. The number of methoxy groups -OCH3 is 1. The summed E-state index contributed by atoms with van der Waals surface area (Å²) in [6.07, 6.45) is 0. The maximum absolute atomic E-state index is 5.30. The van der Waals surface area contributed by atoms with Crippen LogP contribution in [0.4, 0.5) is 5.69 Å². The van der Waals surface area contributed by atoms with E-state index < -0.39 is 0 Å². The third-order valence-corrected chi connectivity index (χ3v) is 4.96. The van der Waals surface area contributed by atoms with E-state index in [-0.39, 0.29) is 0 Å². The molecule has 0 spiro atoms. The second-order valence-corrected chi connectivity index (χ2v) is 6.93. The molecular weight excluding hydrogens is 402 g/mol. The average molecular weight is 417 g/mol. The molecule has 0 bridgehead atoms. The SMILES string of the molecule is COc1cc(NCCSc2ccccc2)c(Br)cc1Br. The quantitative estimate of drug-likeness (QED) is 0.501. The summed E-state index contributed by atoms with van der Waals surface area (Å²) in [4.78, 5) is 1.29. The van der Waals surface area contributed by atoms with Gasteiger partial charge in [-0.25, -0.2) is 0 Å². The molecule has 0 aliphatic carbocycles. The highest BCUT2D eigenvalue weighted by molar-refractivity contribution is 9.11. The predicted molar refractivity (Wildman–Crippen MR) is 94.0 cm³/mol. The predicted octanol–water partition coefficient (Wildman–Crippen LogP) is 5.42. The van der Waals surface area contributed by atoms with Gasteiger partial charge in [0, 0.05) is 27.7 Å². The average Bonchev–Trinajstić information content (AvgIpc) is 2.46. The molecule has 0 fully saturated rings. The normalized spacial score (nSPS) is 10.3. The minimum Gasteiger partial charge on any atom is -0.495 e. The Morgan fingerprint density at radius 1 is 1.10 bits per heavy atom. The number of halogens is 2. The number of ether oxygens (including phenoxy) is 1. The molecule has 0 heterocycles. The van der Waals surface area contributed by atoms with Crippen molar-refractivity contribution in [1.29, 1.82) is 0 Å². The number of rotatable bonds is 6. The molecule has 1 N–H and O–H groups in total. The van der Waals surface area contributed by atoms with E-state index in [2.05, 4.69) is 61.4 Å².